The molecule has 0 spiro atoms. The van der Waals surface area contributed by atoms with Gasteiger partial charge in [-0.05, 0) is 18.9 Å². The quantitative estimate of drug-likeness (QED) is 0.592. The summed E-state index contributed by atoms with van der Waals surface area (Å²) in [6.07, 6.45) is 1.51. The minimum Gasteiger partial charge on any atom is -0.545 e. The van der Waals surface area contributed by atoms with Crippen molar-refractivity contribution in [3.8, 4) is 0 Å². The van der Waals surface area contributed by atoms with Crippen LogP contribution in [-0.4, -0.2) is 11.8 Å². The Hall–Kier alpha value is -0.640. The summed E-state index contributed by atoms with van der Waals surface area (Å²) in [6, 6.07) is 6.55. The fourth-order valence-corrected chi connectivity index (χ4v) is 1.85. The van der Waals surface area contributed by atoms with Crippen molar-refractivity contribution in [2.24, 2.45) is 0 Å². The third kappa shape index (κ3) is 4.26. The zero-order valence-electron chi connectivity index (χ0n) is 10.5. The Kier molecular flexibility index (Phi) is 7.35. The maximum absolute atomic E-state index is 11.5. The van der Waals surface area contributed by atoms with Crippen LogP contribution in [0.15, 0.2) is 24.3 Å². The van der Waals surface area contributed by atoms with Crippen molar-refractivity contribution in [2.45, 2.75) is 32.6 Å². The summed E-state index contributed by atoms with van der Waals surface area (Å²) in [5.41, 5.74) is 0.688. The van der Waals surface area contributed by atoms with Crippen LogP contribution in [0.5, 0.6) is 0 Å². The van der Waals surface area contributed by atoms with Crippen molar-refractivity contribution in [1.82, 2.24) is 0 Å². The Balaban J connectivity index is 0.00000256. The van der Waals surface area contributed by atoms with E-state index in [0.717, 1.165) is 6.42 Å². The Morgan fingerprint density at radius 2 is 1.88 bits per heavy atom. The molecular formula is C13H15NaO3. The van der Waals surface area contributed by atoms with Gasteiger partial charge in [0.05, 0.1) is 5.97 Å². The van der Waals surface area contributed by atoms with Crippen molar-refractivity contribution in [3.05, 3.63) is 35.4 Å². The second kappa shape index (κ2) is 7.64. The van der Waals surface area contributed by atoms with E-state index in [0.29, 0.717) is 12.0 Å². The zero-order valence-corrected chi connectivity index (χ0v) is 12.5. The fourth-order valence-electron chi connectivity index (χ4n) is 1.85. The predicted molar refractivity (Wildman–Crippen MR) is 59.1 cm³/mol. The molecule has 0 heterocycles. The van der Waals surface area contributed by atoms with Crippen LogP contribution >= 0.6 is 0 Å². The van der Waals surface area contributed by atoms with Crippen LogP contribution in [0.3, 0.4) is 0 Å². The average molecular weight is 242 g/mol. The molecule has 0 aliphatic carbocycles. The molecule has 0 aromatic heterocycles. The molecule has 3 nitrogen and oxygen atoms in total. The topological polar surface area (TPSA) is 57.2 Å². The van der Waals surface area contributed by atoms with Gasteiger partial charge in [0.25, 0.3) is 0 Å². The molecule has 0 aliphatic heterocycles. The largest absolute Gasteiger partial charge is 1.00 e. The summed E-state index contributed by atoms with van der Waals surface area (Å²) in [5.74, 6) is -1.56. The van der Waals surface area contributed by atoms with Gasteiger partial charge in [0.1, 0.15) is 5.78 Å². The van der Waals surface area contributed by atoms with E-state index in [1.165, 1.54) is 13.0 Å². The minimum absolute atomic E-state index is 0. The standard InChI is InChI=1S/C13H16O3.Na/c1-3-6-10(9(2)14)11-7-4-5-8-12(11)13(15)16;/h4-5,7-8,10H,3,6H2,1-2H3,(H,15,16);/q;+1/p-1. The number of carboxylic acid groups (broad SMARTS) is 1. The van der Waals surface area contributed by atoms with E-state index in [2.05, 4.69) is 0 Å². The van der Waals surface area contributed by atoms with Gasteiger partial charge in [0, 0.05) is 11.5 Å². The Morgan fingerprint density at radius 3 is 2.35 bits per heavy atom. The SMILES string of the molecule is CCCC(C(C)=O)c1ccccc1C(=O)[O-].[Na+]. The first-order chi connectivity index (χ1) is 7.57. The summed E-state index contributed by atoms with van der Waals surface area (Å²) < 4.78 is 0. The summed E-state index contributed by atoms with van der Waals surface area (Å²) in [5, 5.41) is 10.9. The third-order valence-corrected chi connectivity index (χ3v) is 2.62. The first-order valence-electron chi connectivity index (χ1n) is 5.38. The molecular weight excluding hydrogens is 227 g/mol. The maximum atomic E-state index is 11.5. The first-order valence-corrected chi connectivity index (χ1v) is 5.38. The molecule has 1 unspecified atom stereocenters. The summed E-state index contributed by atoms with van der Waals surface area (Å²) >= 11 is 0. The van der Waals surface area contributed by atoms with Gasteiger partial charge >= 0.3 is 29.6 Å². The number of hydrogen-bond acceptors (Lipinski definition) is 3. The second-order valence-electron chi connectivity index (χ2n) is 3.83. The zero-order chi connectivity index (χ0) is 12.1. The van der Waals surface area contributed by atoms with E-state index in [-0.39, 0.29) is 46.8 Å². The normalized spacial score (nSPS) is 11.4. The van der Waals surface area contributed by atoms with Crippen molar-refractivity contribution >= 4 is 11.8 Å². The number of rotatable bonds is 5. The van der Waals surface area contributed by atoms with Crippen LogP contribution < -0.4 is 34.7 Å². The van der Waals surface area contributed by atoms with Gasteiger partial charge in [-0.2, -0.15) is 0 Å². The van der Waals surface area contributed by atoms with Gasteiger partial charge in [-0.25, -0.2) is 0 Å². The predicted octanol–water partition coefficient (Wildman–Crippen LogP) is -1.47. The van der Waals surface area contributed by atoms with E-state index >= 15 is 0 Å². The molecule has 1 atom stereocenters. The number of ketones is 1. The van der Waals surface area contributed by atoms with Crippen LogP contribution in [0, 0.1) is 0 Å². The third-order valence-electron chi connectivity index (χ3n) is 2.62. The minimum atomic E-state index is -1.22. The number of carboxylic acids is 1. The molecule has 0 fully saturated rings. The molecule has 4 heteroatoms. The number of aromatic carboxylic acids is 1. The molecule has 1 aromatic rings. The second-order valence-corrected chi connectivity index (χ2v) is 3.83. The molecule has 1 aromatic carbocycles. The average Bonchev–Trinajstić information content (AvgIpc) is 2.25. The van der Waals surface area contributed by atoms with Gasteiger partial charge in [0.2, 0.25) is 0 Å². The molecule has 0 aliphatic rings. The van der Waals surface area contributed by atoms with Crippen molar-refractivity contribution < 1.29 is 44.3 Å². The first kappa shape index (κ1) is 16.4. The Bertz CT molecular complexity index is 401. The Morgan fingerprint density at radius 1 is 1.29 bits per heavy atom. The van der Waals surface area contributed by atoms with Crippen molar-refractivity contribution in [2.75, 3.05) is 0 Å². The van der Waals surface area contributed by atoms with Crippen LogP contribution in [0.25, 0.3) is 0 Å². The smallest absolute Gasteiger partial charge is 0.545 e. The summed E-state index contributed by atoms with van der Waals surface area (Å²) in [6.45, 7) is 3.46. The monoisotopic (exact) mass is 242 g/mol. The van der Waals surface area contributed by atoms with Crippen LogP contribution in [0.2, 0.25) is 0 Å². The van der Waals surface area contributed by atoms with Gasteiger partial charge in [-0.15, -0.1) is 0 Å². The summed E-state index contributed by atoms with van der Waals surface area (Å²) in [7, 11) is 0. The van der Waals surface area contributed by atoms with Gasteiger partial charge in [-0.1, -0.05) is 37.6 Å². The van der Waals surface area contributed by atoms with Gasteiger partial charge in [-0.3, -0.25) is 4.79 Å². The molecule has 0 N–H and O–H groups in total. The van der Waals surface area contributed by atoms with Crippen LogP contribution in [-0.2, 0) is 4.79 Å². The molecule has 0 radical (unpaired) electrons. The number of hydrogen-bond donors (Lipinski definition) is 0. The molecule has 1 rings (SSSR count). The number of benzene rings is 1. The van der Waals surface area contributed by atoms with E-state index in [1.807, 2.05) is 6.92 Å². The van der Waals surface area contributed by atoms with E-state index in [4.69, 9.17) is 0 Å². The van der Waals surface area contributed by atoms with Crippen molar-refractivity contribution in [1.29, 1.82) is 0 Å². The Labute approximate surface area is 124 Å². The number of Topliss-reactive ketones (excluding diaryl/α,β-unsaturated/α-hetero) is 1. The molecule has 0 saturated carbocycles. The molecule has 0 amide bonds. The molecule has 17 heavy (non-hydrogen) atoms. The number of carbonyl (C=O) groups excluding carboxylic acids is 2. The molecule has 0 bridgehead atoms. The van der Waals surface area contributed by atoms with E-state index < -0.39 is 5.97 Å². The van der Waals surface area contributed by atoms with E-state index in [9.17, 15) is 14.7 Å². The van der Waals surface area contributed by atoms with Gasteiger partial charge in [0.15, 0.2) is 0 Å². The van der Waals surface area contributed by atoms with Crippen molar-refractivity contribution in [3.63, 3.8) is 0 Å². The van der Waals surface area contributed by atoms with Gasteiger partial charge < -0.3 is 9.90 Å². The van der Waals surface area contributed by atoms with Crippen LogP contribution in [0.4, 0.5) is 0 Å². The van der Waals surface area contributed by atoms with E-state index in [1.54, 1.807) is 18.2 Å². The number of carbonyl (C=O) groups is 2. The maximum Gasteiger partial charge on any atom is 1.00 e. The van der Waals surface area contributed by atoms with Crippen LogP contribution in [0.1, 0.15) is 48.5 Å². The fraction of sp³-hybridized carbons (Fsp3) is 0.385. The molecule has 0 saturated heterocycles. The molecule has 86 valence electrons. The summed E-state index contributed by atoms with van der Waals surface area (Å²) in [4.78, 5) is 22.4.